The fourth-order valence-electron chi connectivity index (χ4n) is 2.11. The third-order valence-electron chi connectivity index (χ3n) is 3.09. The maximum absolute atomic E-state index is 11.6. The Morgan fingerprint density at radius 3 is 2.94 bits per heavy atom. The van der Waals surface area contributed by atoms with Gasteiger partial charge in [0.1, 0.15) is 0 Å². The molecule has 2 atom stereocenters. The van der Waals surface area contributed by atoms with E-state index in [0.29, 0.717) is 25.6 Å². The zero-order chi connectivity index (χ0) is 12.5. The van der Waals surface area contributed by atoms with E-state index in [4.69, 9.17) is 10.5 Å². The van der Waals surface area contributed by atoms with Crippen LogP contribution in [-0.2, 0) is 4.74 Å². The van der Waals surface area contributed by atoms with Crippen LogP contribution >= 0.6 is 0 Å². The van der Waals surface area contributed by atoms with Crippen LogP contribution in [0.2, 0.25) is 0 Å². The number of hydrogen-bond acceptors (Lipinski definition) is 3. The largest absolute Gasteiger partial charge is 0.379 e. The molecule has 1 aliphatic heterocycles. The Hall–Kier alpha value is -0.810. The Balaban J connectivity index is 2.15. The van der Waals surface area contributed by atoms with Gasteiger partial charge in [0.2, 0.25) is 0 Å². The minimum absolute atomic E-state index is 0.0846. The van der Waals surface area contributed by atoms with Crippen LogP contribution in [-0.4, -0.2) is 38.4 Å². The first kappa shape index (κ1) is 14.3. The quantitative estimate of drug-likeness (QED) is 0.620. The fourth-order valence-corrected chi connectivity index (χ4v) is 2.11. The minimum atomic E-state index is -0.0846. The van der Waals surface area contributed by atoms with Gasteiger partial charge in [-0.15, -0.1) is 0 Å². The third kappa shape index (κ3) is 5.89. The van der Waals surface area contributed by atoms with Gasteiger partial charge in [0.05, 0.1) is 12.6 Å². The Bertz CT molecular complexity index is 212. The van der Waals surface area contributed by atoms with Crippen LogP contribution in [0.5, 0.6) is 0 Å². The molecule has 17 heavy (non-hydrogen) atoms. The van der Waals surface area contributed by atoms with E-state index in [2.05, 4.69) is 17.6 Å². The summed E-state index contributed by atoms with van der Waals surface area (Å²) in [6.45, 7) is 4.93. The van der Waals surface area contributed by atoms with Crippen LogP contribution in [0.4, 0.5) is 4.79 Å². The average molecular weight is 243 g/mol. The normalized spacial score (nSPS) is 21.2. The van der Waals surface area contributed by atoms with Gasteiger partial charge in [0.25, 0.3) is 0 Å². The monoisotopic (exact) mass is 243 g/mol. The smallest absolute Gasteiger partial charge is 0.315 e. The van der Waals surface area contributed by atoms with Crippen molar-refractivity contribution in [3.8, 4) is 0 Å². The molecule has 1 saturated heterocycles. The maximum atomic E-state index is 11.6. The van der Waals surface area contributed by atoms with Crippen molar-refractivity contribution >= 4 is 6.03 Å². The Morgan fingerprint density at radius 2 is 2.35 bits per heavy atom. The molecule has 0 aromatic heterocycles. The fraction of sp³-hybridized carbons (Fsp3) is 0.917. The third-order valence-corrected chi connectivity index (χ3v) is 3.09. The number of rotatable bonds is 7. The predicted molar refractivity (Wildman–Crippen MR) is 67.8 cm³/mol. The molecule has 4 N–H and O–H groups in total. The standard InChI is InChI=1S/C12H25N3O2/c1-2-3-10(4-6-13)8-14-12(16)15-11-5-7-17-9-11/h10-11H,2-9,13H2,1H3,(H2,14,15,16). The molecule has 100 valence electrons. The van der Waals surface area contributed by atoms with Crippen LogP contribution in [0.25, 0.3) is 0 Å². The number of amides is 2. The average Bonchev–Trinajstić information content (AvgIpc) is 2.79. The van der Waals surface area contributed by atoms with Crippen LogP contribution in [0.3, 0.4) is 0 Å². The Labute approximate surface area is 103 Å². The van der Waals surface area contributed by atoms with Gasteiger partial charge in [-0.3, -0.25) is 0 Å². The summed E-state index contributed by atoms with van der Waals surface area (Å²) in [5.41, 5.74) is 5.55. The van der Waals surface area contributed by atoms with E-state index in [0.717, 1.165) is 32.3 Å². The van der Waals surface area contributed by atoms with Crippen molar-refractivity contribution in [1.29, 1.82) is 0 Å². The molecule has 0 spiro atoms. The number of carbonyl (C=O) groups is 1. The summed E-state index contributed by atoms with van der Waals surface area (Å²) >= 11 is 0. The molecule has 2 unspecified atom stereocenters. The zero-order valence-electron chi connectivity index (χ0n) is 10.7. The van der Waals surface area contributed by atoms with E-state index in [9.17, 15) is 4.79 Å². The van der Waals surface area contributed by atoms with Gasteiger partial charge >= 0.3 is 6.03 Å². The number of nitrogens with one attached hydrogen (secondary N) is 2. The van der Waals surface area contributed by atoms with Gasteiger partial charge < -0.3 is 21.1 Å². The Morgan fingerprint density at radius 1 is 1.53 bits per heavy atom. The van der Waals surface area contributed by atoms with E-state index in [1.54, 1.807) is 0 Å². The second-order valence-corrected chi connectivity index (χ2v) is 4.65. The first-order chi connectivity index (χ1) is 8.26. The van der Waals surface area contributed by atoms with Crippen molar-refractivity contribution in [1.82, 2.24) is 10.6 Å². The topological polar surface area (TPSA) is 76.4 Å². The van der Waals surface area contributed by atoms with Crippen molar-refractivity contribution in [3.63, 3.8) is 0 Å². The van der Waals surface area contributed by atoms with Gasteiger partial charge in [0.15, 0.2) is 0 Å². The summed E-state index contributed by atoms with van der Waals surface area (Å²) in [5.74, 6) is 0.496. The molecule has 0 aromatic rings. The van der Waals surface area contributed by atoms with Gasteiger partial charge in [-0.1, -0.05) is 13.3 Å². The first-order valence-corrected chi connectivity index (χ1v) is 6.58. The highest BCUT2D eigenvalue weighted by Gasteiger charge is 2.17. The first-order valence-electron chi connectivity index (χ1n) is 6.58. The minimum Gasteiger partial charge on any atom is -0.379 e. The van der Waals surface area contributed by atoms with Crippen molar-refractivity contribution in [2.75, 3.05) is 26.3 Å². The molecule has 1 rings (SSSR count). The number of urea groups is 1. The van der Waals surface area contributed by atoms with E-state index in [1.807, 2.05) is 0 Å². The van der Waals surface area contributed by atoms with E-state index in [1.165, 1.54) is 0 Å². The summed E-state index contributed by atoms with van der Waals surface area (Å²) in [5, 5.41) is 5.83. The molecule has 0 saturated carbocycles. The molecule has 2 amide bonds. The van der Waals surface area contributed by atoms with Gasteiger partial charge in [0, 0.05) is 13.2 Å². The van der Waals surface area contributed by atoms with Gasteiger partial charge in [-0.05, 0) is 31.7 Å². The molecule has 0 bridgehead atoms. The lowest BCUT2D eigenvalue weighted by molar-refractivity contribution is 0.188. The summed E-state index contributed by atoms with van der Waals surface area (Å²) in [6.07, 6.45) is 4.13. The van der Waals surface area contributed by atoms with Crippen LogP contribution < -0.4 is 16.4 Å². The summed E-state index contributed by atoms with van der Waals surface area (Å²) in [7, 11) is 0. The summed E-state index contributed by atoms with van der Waals surface area (Å²) in [4.78, 5) is 11.6. The van der Waals surface area contributed by atoms with Crippen molar-refractivity contribution in [3.05, 3.63) is 0 Å². The molecule has 0 aromatic carbocycles. The second kappa shape index (κ2) is 8.31. The van der Waals surface area contributed by atoms with Crippen LogP contribution in [0, 0.1) is 5.92 Å². The highest BCUT2D eigenvalue weighted by molar-refractivity contribution is 5.74. The van der Waals surface area contributed by atoms with E-state index < -0.39 is 0 Å². The molecule has 1 heterocycles. The van der Waals surface area contributed by atoms with E-state index >= 15 is 0 Å². The van der Waals surface area contributed by atoms with Crippen molar-refractivity contribution in [2.45, 2.75) is 38.6 Å². The second-order valence-electron chi connectivity index (χ2n) is 4.65. The molecule has 1 fully saturated rings. The molecule has 0 aliphatic carbocycles. The summed E-state index contributed by atoms with van der Waals surface area (Å²) < 4.78 is 5.20. The summed E-state index contributed by atoms with van der Waals surface area (Å²) in [6, 6.07) is 0.0905. The SMILES string of the molecule is CCCC(CCN)CNC(=O)NC1CCOC1. The molecule has 1 aliphatic rings. The molecule has 0 radical (unpaired) electrons. The van der Waals surface area contributed by atoms with E-state index in [-0.39, 0.29) is 12.1 Å². The van der Waals surface area contributed by atoms with Gasteiger partial charge in [-0.25, -0.2) is 4.79 Å². The van der Waals surface area contributed by atoms with Crippen molar-refractivity contribution < 1.29 is 9.53 Å². The number of carbonyl (C=O) groups excluding carboxylic acids is 1. The van der Waals surface area contributed by atoms with Crippen molar-refractivity contribution in [2.24, 2.45) is 11.7 Å². The maximum Gasteiger partial charge on any atom is 0.315 e. The highest BCUT2D eigenvalue weighted by atomic mass is 16.5. The number of ether oxygens (including phenoxy) is 1. The highest BCUT2D eigenvalue weighted by Crippen LogP contribution is 2.09. The van der Waals surface area contributed by atoms with Gasteiger partial charge in [-0.2, -0.15) is 0 Å². The number of nitrogens with two attached hydrogens (primary N) is 1. The predicted octanol–water partition coefficient (Wildman–Crippen LogP) is 0.840. The molecular formula is C12H25N3O2. The lowest BCUT2D eigenvalue weighted by Crippen LogP contribution is -2.44. The lowest BCUT2D eigenvalue weighted by atomic mass is 10.00. The lowest BCUT2D eigenvalue weighted by Gasteiger charge is -2.17. The zero-order valence-corrected chi connectivity index (χ0v) is 10.7. The molecular weight excluding hydrogens is 218 g/mol. The molecule has 5 heteroatoms. The van der Waals surface area contributed by atoms with Crippen LogP contribution in [0.1, 0.15) is 32.6 Å². The molecule has 5 nitrogen and oxygen atoms in total. The number of hydrogen-bond donors (Lipinski definition) is 3. The Kier molecular flexibility index (Phi) is 6.96. The van der Waals surface area contributed by atoms with Crippen LogP contribution in [0.15, 0.2) is 0 Å².